The molecule has 96 valence electrons. The number of aromatic nitrogens is 2. The summed E-state index contributed by atoms with van der Waals surface area (Å²) >= 11 is 0. The zero-order valence-corrected chi connectivity index (χ0v) is 9.70. The third-order valence-electron chi connectivity index (χ3n) is 2.57. The number of rotatable bonds is 2. The minimum absolute atomic E-state index is 0.0871. The van der Waals surface area contributed by atoms with Crippen molar-refractivity contribution >= 4 is 5.69 Å². The Morgan fingerprint density at radius 1 is 1.22 bits per heavy atom. The molecule has 0 radical (unpaired) electrons. The molecule has 18 heavy (non-hydrogen) atoms. The summed E-state index contributed by atoms with van der Waals surface area (Å²) in [7, 11) is 0. The average molecular weight is 255 g/mol. The Labute approximate surface area is 102 Å². The summed E-state index contributed by atoms with van der Waals surface area (Å²) in [6, 6.07) is 3.51. The predicted octanol–water partition coefficient (Wildman–Crippen LogP) is 3.17. The molecule has 0 aliphatic rings. The van der Waals surface area contributed by atoms with Gasteiger partial charge in [0.2, 0.25) is 0 Å². The maximum Gasteiger partial charge on any atom is 0.416 e. The van der Waals surface area contributed by atoms with Gasteiger partial charge in [0.1, 0.15) is 0 Å². The van der Waals surface area contributed by atoms with Gasteiger partial charge in [-0.3, -0.25) is 4.68 Å². The van der Waals surface area contributed by atoms with Crippen LogP contribution in [0.5, 0.6) is 0 Å². The molecule has 1 aromatic heterocycles. The summed E-state index contributed by atoms with van der Waals surface area (Å²) in [5.74, 6) is 0. The van der Waals surface area contributed by atoms with Crippen molar-refractivity contribution in [1.82, 2.24) is 9.78 Å². The van der Waals surface area contributed by atoms with Gasteiger partial charge in [0, 0.05) is 24.0 Å². The van der Waals surface area contributed by atoms with Gasteiger partial charge in [-0.15, -0.1) is 0 Å². The lowest BCUT2D eigenvalue weighted by Gasteiger charge is -2.09. The molecule has 0 fully saturated rings. The molecule has 0 bridgehead atoms. The van der Waals surface area contributed by atoms with Gasteiger partial charge in [-0.1, -0.05) is 0 Å². The van der Waals surface area contributed by atoms with Crippen LogP contribution in [0.25, 0.3) is 11.1 Å². The predicted molar refractivity (Wildman–Crippen MR) is 62.8 cm³/mol. The lowest BCUT2D eigenvalue weighted by atomic mass is 10.0. The molecule has 0 unspecified atom stereocenters. The molecule has 0 amide bonds. The topological polar surface area (TPSA) is 43.8 Å². The SMILES string of the molecule is CCn1cc(-c2cc(N)cc(C(F)(F)F)c2)cn1. The third-order valence-corrected chi connectivity index (χ3v) is 2.57. The monoisotopic (exact) mass is 255 g/mol. The molecule has 0 spiro atoms. The van der Waals surface area contributed by atoms with Crippen molar-refractivity contribution < 1.29 is 13.2 Å². The van der Waals surface area contributed by atoms with Crippen LogP contribution in [-0.2, 0) is 12.7 Å². The van der Waals surface area contributed by atoms with Crippen LogP contribution in [0.4, 0.5) is 18.9 Å². The molecule has 0 aliphatic carbocycles. The summed E-state index contributed by atoms with van der Waals surface area (Å²) in [4.78, 5) is 0. The van der Waals surface area contributed by atoms with E-state index in [1.165, 1.54) is 12.3 Å². The highest BCUT2D eigenvalue weighted by Crippen LogP contribution is 2.34. The average Bonchev–Trinajstić information content (AvgIpc) is 2.75. The van der Waals surface area contributed by atoms with Crippen molar-refractivity contribution in [3.63, 3.8) is 0 Å². The summed E-state index contributed by atoms with van der Waals surface area (Å²) in [6.07, 6.45) is -1.18. The number of aryl methyl sites for hydroxylation is 1. The zero-order chi connectivity index (χ0) is 13.3. The van der Waals surface area contributed by atoms with Crippen LogP contribution < -0.4 is 5.73 Å². The van der Waals surface area contributed by atoms with Gasteiger partial charge in [0.25, 0.3) is 0 Å². The standard InChI is InChI=1S/C12H12F3N3/c1-2-18-7-9(6-17-18)8-3-10(12(13,14)15)5-11(16)4-8/h3-7H,2,16H2,1H3. The molecule has 0 saturated carbocycles. The number of hydrogen-bond acceptors (Lipinski definition) is 2. The van der Waals surface area contributed by atoms with Crippen molar-refractivity contribution in [2.75, 3.05) is 5.73 Å². The summed E-state index contributed by atoms with van der Waals surface area (Å²) in [5, 5.41) is 4.03. The smallest absolute Gasteiger partial charge is 0.399 e. The highest BCUT2D eigenvalue weighted by Gasteiger charge is 2.31. The second-order valence-electron chi connectivity index (χ2n) is 3.93. The quantitative estimate of drug-likeness (QED) is 0.837. The van der Waals surface area contributed by atoms with Crippen LogP contribution in [0.2, 0.25) is 0 Å². The van der Waals surface area contributed by atoms with Crippen LogP contribution >= 0.6 is 0 Å². The van der Waals surface area contributed by atoms with E-state index in [-0.39, 0.29) is 5.69 Å². The van der Waals surface area contributed by atoms with E-state index in [0.717, 1.165) is 12.1 Å². The van der Waals surface area contributed by atoms with Gasteiger partial charge in [0.15, 0.2) is 0 Å². The molecular weight excluding hydrogens is 243 g/mol. The first kappa shape index (κ1) is 12.5. The normalized spacial score (nSPS) is 11.8. The van der Waals surface area contributed by atoms with Gasteiger partial charge in [-0.2, -0.15) is 18.3 Å². The molecule has 2 rings (SSSR count). The van der Waals surface area contributed by atoms with Crippen molar-refractivity contribution in [2.45, 2.75) is 19.6 Å². The number of alkyl halides is 3. The van der Waals surface area contributed by atoms with Crippen LogP contribution in [0.1, 0.15) is 12.5 Å². The fourth-order valence-corrected chi connectivity index (χ4v) is 1.67. The van der Waals surface area contributed by atoms with Crippen LogP contribution in [0, 0.1) is 0 Å². The van der Waals surface area contributed by atoms with E-state index in [9.17, 15) is 13.2 Å². The number of hydrogen-bond donors (Lipinski definition) is 1. The number of halogens is 3. The maximum atomic E-state index is 12.7. The summed E-state index contributed by atoms with van der Waals surface area (Å²) < 4.78 is 39.6. The molecule has 2 N–H and O–H groups in total. The molecule has 0 saturated heterocycles. The van der Waals surface area contributed by atoms with Gasteiger partial charge in [-0.25, -0.2) is 0 Å². The minimum atomic E-state index is -4.40. The Hall–Kier alpha value is -1.98. The minimum Gasteiger partial charge on any atom is -0.399 e. The van der Waals surface area contributed by atoms with E-state index in [0.29, 0.717) is 17.7 Å². The number of benzene rings is 1. The van der Waals surface area contributed by atoms with Crippen molar-refractivity contribution in [1.29, 1.82) is 0 Å². The van der Waals surface area contributed by atoms with Crippen LogP contribution in [-0.4, -0.2) is 9.78 Å². The van der Waals surface area contributed by atoms with E-state index >= 15 is 0 Å². The van der Waals surface area contributed by atoms with E-state index in [2.05, 4.69) is 5.10 Å². The van der Waals surface area contributed by atoms with Crippen LogP contribution in [0.3, 0.4) is 0 Å². The number of nitrogens with zero attached hydrogens (tertiary/aromatic N) is 2. The summed E-state index contributed by atoms with van der Waals surface area (Å²) in [6.45, 7) is 2.56. The molecule has 2 aromatic rings. The lowest BCUT2D eigenvalue weighted by Crippen LogP contribution is -2.05. The second kappa shape index (κ2) is 4.36. The van der Waals surface area contributed by atoms with Crippen molar-refractivity contribution in [2.24, 2.45) is 0 Å². The molecule has 1 aromatic carbocycles. The highest BCUT2D eigenvalue weighted by atomic mass is 19.4. The summed E-state index contributed by atoms with van der Waals surface area (Å²) in [5.41, 5.74) is 5.88. The first-order valence-corrected chi connectivity index (χ1v) is 5.40. The highest BCUT2D eigenvalue weighted by molar-refractivity contribution is 5.67. The second-order valence-corrected chi connectivity index (χ2v) is 3.93. The van der Waals surface area contributed by atoms with Gasteiger partial charge < -0.3 is 5.73 Å². The Balaban J connectivity index is 2.48. The van der Waals surface area contributed by atoms with E-state index in [1.54, 1.807) is 10.9 Å². The Morgan fingerprint density at radius 2 is 1.94 bits per heavy atom. The first-order chi connectivity index (χ1) is 8.40. The van der Waals surface area contributed by atoms with Crippen LogP contribution in [0.15, 0.2) is 30.6 Å². The van der Waals surface area contributed by atoms with E-state index in [1.807, 2.05) is 6.92 Å². The van der Waals surface area contributed by atoms with Gasteiger partial charge in [0.05, 0.1) is 11.8 Å². The lowest BCUT2D eigenvalue weighted by molar-refractivity contribution is -0.137. The third kappa shape index (κ3) is 2.47. The fourth-order valence-electron chi connectivity index (χ4n) is 1.67. The Morgan fingerprint density at radius 3 is 2.50 bits per heavy atom. The Bertz CT molecular complexity index is 558. The largest absolute Gasteiger partial charge is 0.416 e. The first-order valence-electron chi connectivity index (χ1n) is 5.40. The molecule has 3 nitrogen and oxygen atoms in total. The van der Waals surface area contributed by atoms with E-state index in [4.69, 9.17) is 5.73 Å². The van der Waals surface area contributed by atoms with Crippen molar-refractivity contribution in [3.8, 4) is 11.1 Å². The molecule has 1 heterocycles. The molecule has 0 atom stereocenters. The van der Waals surface area contributed by atoms with Gasteiger partial charge >= 0.3 is 6.18 Å². The number of nitrogen functional groups attached to an aromatic ring is 1. The number of nitrogens with two attached hydrogens (primary N) is 1. The Kier molecular flexibility index (Phi) is 3.02. The molecule has 0 aliphatic heterocycles. The zero-order valence-electron chi connectivity index (χ0n) is 9.70. The van der Waals surface area contributed by atoms with E-state index < -0.39 is 11.7 Å². The molecule has 6 heteroatoms. The molecular formula is C12H12F3N3. The van der Waals surface area contributed by atoms with Gasteiger partial charge in [-0.05, 0) is 30.7 Å². The van der Waals surface area contributed by atoms with Crippen molar-refractivity contribution in [3.05, 3.63) is 36.2 Å². The number of anilines is 1. The maximum absolute atomic E-state index is 12.7. The fraction of sp³-hybridized carbons (Fsp3) is 0.250.